The summed E-state index contributed by atoms with van der Waals surface area (Å²) in [7, 11) is 1.80. The molecule has 0 unspecified atom stereocenters. The van der Waals surface area contributed by atoms with E-state index >= 15 is 0 Å². The zero-order chi connectivity index (χ0) is 21.1. The zero-order valence-electron chi connectivity index (χ0n) is 15.7. The van der Waals surface area contributed by atoms with Gasteiger partial charge < -0.3 is 19.5 Å². The van der Waals surface area contributed by atoms with Crippen LogP contribution >= 0.6 is 0 Å². The highest BCUT2D eigenvalue weighted by molar-refractivity contribution is 5.82. The van der Waals surface area contributed by atoms with Crippen LogP contribution in [0.4, 0.5) is 20.2 Å². The van der Waals surface area contributed by atoms with E-state index in [1.54, 1.807) is 49.5 Å². The van der Waals surface area contributed by atoms with E-state index in [1.807, 2.05) is 4.90 Å². The van der Waals surface area contributed by atoms with Crippen LogP contribution in [0.1, 0.15) is 0 Å². The fourth-order valence-electron chi connectivity index (χ4n) is 2.85. The highest BCUT2D eigenvalue weighted by Crippen LogP contribution is 2.30. The summed E-state index contributed by atoms with van der Waals surface area (Å²) in [6.45, 7) is -2.88. The third-order valence-electron chi connectivity index (χ3n) is 4.32. The Kier molecular flexibility index (Phi) is 5.25. The van der Waals surface area contributed by atoms with E-state index in [1.165, 1.54) is 24.5 Å². The van der Waals surface area contributed by atoms with Gasteiger partial charge in [0.25, 0.3) is 0 Å². The second-order valence-corrected chi connectivity index (χ2v) is 6.25. The van der Waals surface area contributed by atoms with E-state index < -0.39 is 6.61 Å². The van der Waals surface area contributed by atoms with Crippen LogP contribution in [-0.4, -0.2) is 33.7 Å². The largest absolute Gasteiger partial charge is 0.493 e. The highest BCUT2D eigenvalue weighted by Gasteiger charge is 2.11. The van der Waals surface area contributed by atoms with Crippen molar-refractivity contribution in [2.45, 2.75) is 6.61 Å². The van der Waals surface area contributed by atoms with Crippen molar-refractivity contribution in [2.75, 3.05) is 11.9 Å². The Morgan fingerprint density at radius 3 is 2.53 bits per heavy atom. The van der Waals surface area contributed by atoms with Gasteiger partial charge in [-0.1, -0.05) is 6.07 Å². The quantitative estimate of drug-likeness (QED) is 0.485. The maximum Gasteiger partial charge on any atom is 0.387 e. The highest BCUT2D eigenvalue weighted by atomic mass is 19.3. The van der Waals surface area contributed by atoms with Gasteiger partial charge in [-0.2, -0.15) is 18.7 Å². The van der Waals surface area contributed by atoms with Gasteiger partial charge in [-0.25, -0.2) is 0 Å². The first-order chi connectivity index (χ1) is 14.5. The predicted molar refractivity (Wildman–Crippen MR) is 107 cm³/mol. The van der Waals surface area contributed by atoms with Gasteiger partial charge in [0, 0.05) is 30.7 Å². The fourth-order valence-corrected chi connectivity index (χ4v) is 2.85. The summed E-state index contributed by atoms with van der Waals surface area (Å²) in [5, 5.41) is 10.5. The summed E-state index contributed by atoms with van der Waals surface area (Å²) in [5.41, 5.74) is 1.93. The lowest BCUT2D eigenvalue weighted by atomic mass is 10.2. The van der Waals surface area contributed by atoms with Crippen molar-refractivity contribution in [1.82, 2.24) is 15.0 Å². The molecule has 0 aliphatic heterocycles. The molecular formula is C21H16F2N4O3. The minimum atomic E-state index is -2.88. The molecule has 30 heavy (non-hydrogen) atoms. The Hall–Kier alpha value is -4.01. The third-order valence-corrected chi connectivity index (χ3v) is 4.32. The standard InChI is InChI=1S/C21H16F2N4O3/c1-27(14-3-2-4-16(11-14)29-20(22)23)13-5-7-15(8-6-13)30-21-25-18-12-24-10-9-17(18)19(28)26-21/h2-12,20H,1H3,(H,25,26,28). The molecule has 4 aromatic rings. The summed E-state index contributed by atoms with van der Waals surface area (Å²) >= 11 is 0. The molecule has 0 saturated carbocycles. The van der Waals surface area contributed by atoms with Gasteiger partial charge >= 0.3 is 12.6 Å². The molecule has 0 bridgehead atoms. The zero-order valence-corrected chi connectivity index (χ0v) is 15.7. The molecule has 152 valence electrons. The molecule has 0 fully saturated rings. The number of hydrogen-bond acceptors (Lipinski definition) is 7. The van der Waals surface area contributed by atoms with Gasteiger partial charge in [0.05, 0.1) is 17.1 Å². The number of alkyl halides is 2. The molecule has 0 spiro atoms. The van der Waals surface area contributed by atoms with Crippen LogP contribution in [0.15, 0.2) is 67.0 Å². The normalized spacial score (nSPS) is 10.9. The van der Waals surface area contributed by atoms with Crippen molar-refractivity contribution in [3.63, 3.8) is 0 Å². The lowest BCUT2D eigenvalue weighted by molar-refractivity contribution is -0.0498. The molecule has 0 radical (unpaired) electrons. The maximum atomic E-state index is 12.4. The second kappa shape index (κ2) is 8.16. The Labute approximate surface area is 170 Å². The van der Waals surface area contributed by atoms with Gasteiger partial charge in [0.1, 0.15) is 11.5 Å². The van der Waals surface area contributed by atoms with E-state index in [9.17, 15) is 13.9 Å². The number of anilines is 2. The maximum absolute atomic E-state index is 12.4. The van der Waals surface area contributed by atoms with Gasteiger partial charge in [-0.05, 0) is 42.5 Å². The van der Waals surface area contributed by atoms with Crippen LogP contribution < -0.4 is 14.4 Å². The van der Waals surface area contributed by atoms with Crippen molar-refractivity contribution in [2.24, 2.45) is 0 Å². The Morgan fingerprint density at radius 1 is 0.967 bits per heavy atom. The molecule has 0 atom stereocenters. The Bertz CT molecular complexity index is 1170. The number of benzene rings is 2. The van der Waals surface area contributed by atoms with E-state index in [-0.39, 0.29) is 17.6 Å². The number of pyridine rings is 1. The number of hydrogen-bond donors (Lipinski definition) is 1. The van der Waals surface area contributed by atoms with E-state index in [2.05, 4.69) is 19.7 Å². The minimum absolute atomic E-state index is 0.00838. The van der Waals surface area contributed by atoms with Crippen molar-refractivity contribution in [3.8, 4) is 23.4 Å². The Morgan fingerprint density at radius 2 is 1.77 bits per heavy atom. The van der Waals surface area contributed by atoms with Gasteiger partial charge in [-0.15, -0.1) is 0 Å². The number of ether oxygens (including phenoxy) is 2. The lowest BCUT2D eigenvalue weighted by Crippen LogP contribution is -2.10. The molecule has 0 aliphatic carbocycles. The molecule has 0 aliphatic rings. The number of fused-ring (bicyclic) bond motifs is 1. The molecular weight excluding hydrogens is 394 g/mol. The van der Waals surface area contributed by atoms with Gasteiger partial charge in [0.15, 0.2) is 0 Å². The number of nitrogens with zero attached hydrogens (tertiary/aromatic N) is 4. The summed E-state index contributed by atoms with van der Waals surface area (Å²) in [5.74, 6) is 0.348. The van der Waals surface area contributed by atoms with Crippen LogP contribution in [0.2, 0.25) is 0 Å². The minimum Gasteiger partial charge on any atom is -0.493 e. The first-order valence-corrected chi connectivity index (χ1v) is 8.87. The summed E-state index contributed by atoms with van der Waals surface area (Å²) < 4.78 is 35.0. The molecule has 2 aromatic heterocycles. The number of halogens is 2. The van der Waals surface area contributed by atoms with Crippen LogP contribution in [-0.2, 0) is 0 Å². The number of rotatable bonds is 6. The predicted octanol–water partition coefficient (Wildman–Crippen LogP) is 4.89. The Balaban J connectivity index is 1.52. The van der Waals surface area contributed by atoms with E-state index in [0.29, 0.717) is 22.3 Å². The molecule has 2 aromatic carbocycles. The molecule has 4 rings (SSSR count). The lowest BCUT2D eigenvalue weighted by Gasteiger charge is -2.20. The van der Waals surface area contributed by atoms with E-state index in [0.717, 1.165) is 5.69 Å². The van der Waals surface area contributed by atoms with Crippen molar-refractivity contribution >= 4 is 22.3 Å². The smallest absolute Gasteiger partial charge is 0.387 e. The topological polar surface area (TPSA) is 80.6 Å². The van der Waals surface area contributed by atoms with Crippen molar-refractivity contribution < 1.29 is 23.4 Å². The van der Waals surface area contributed by atoms with Crippen molar-refractivity contribution in [3.05, 3.63) is 67.0 Å². The molecule has 2 heterocycles. The average molecular weight is 410 g/mol. The molecule has 1 N–H and O–H groups in total. The summed E-state index contributed by atoms with van der Waals surface area (Å²) in [4.78, 5) is 14.0. The first kappa shape index (κ1) is 19.3. The van der Waals surface area contributed by atoms with Crippen LogP contribution in [0.3, 0.4) is 0 Å². The third kappa shape index (κ3) is 4.19. The first-order valence-electron chi connectivity index (χ1n) is 8.87. The monoisotopic (exact) mass is 410 g/mol. The molecule has 0 saturated heterocycles. The number of aromatic nitrogens is 3. The van der Waals surface area contributed by atoms with Crippen LogP contribution in [0.25, 0.3) is 10.9 Å². The molecule has 9 heteroatoms. The van der Waals surface area contributed by atoms with Crippen LogP contribution in [0.5, 0.6) is 23.4 Å². The van der Waals surface area contributed by atoms with Gasteiger partial charge in [-0.3, -0.25) is 4.98 Å². The van der Waals surface area contributed by atoms with Crippen LogP contribution in [0, 0.1) is 0 Å². The molecule has 7 nitrogen and oxygen atoms in total. The average Bonchev–Trinajstić information content (AvgIpc) is 2.73. The summed E-state index contributed by atoms with van der Waals surface area (Å²) in [6, 6.07) is 15.0. The van der Waals surface area contributed by atoms with Gasteiger partial charge in [0.2, 0.25) is 5.88 Å². The number of aromatic hydroxyl groups is 1. The van der Waals surface area contributed by atoms with Crippen molar-refractivity contribution in [1.29, 1.82) is 0 Å². The van der Waals surface area contributed by atoms with E-state index in [4.69, 9.17) is 4.74 Å². The SMILES string of the molecule is CN(c1ccc(Oc2nc(O)c3ccncc3n2)cc1)c1cccc(OC(F)F)c1. The second-order valence-electron chi connectivity index (χ2n) is 6.25. The fraction of sp³-hybridized carbons (Fsp3) is 0.0952. The summed E-state index contributed by atoms with van der Waals surface area (Å²) in [6.07, 6.45) is 3.05. The molecule has 0 amide bonds.